The molecule has 12 heterocycles. The van der Waals surface area contributed by atoms with Crippen molar-refractivity contribution in [2.45, 2.75) is 93.0 Å². The molecular weight excluding hydrogens is 1570 g/mol. The van der Waals surface area contributed by atoms with E-state index < -0.39 is 103 Å². The molecule has 4 amide bonds. The van der Waals surface area contributed by atoms with Crippen LogP contribution < -0.4 is 19.6 Å². The first-order chi connectivity index (χ1) is 58.4. The molecular formula is C91H62F8N16O6. The number of carbonyl (C=O) groups is 4. The Labute approximate surface area is 684 Å². The van der Waals surface area contributed by atoms with Gasteiger partial charge in [-0.15, -0.1) is 0 Å². The predicted octanol–water partition coefficient (Wildman–Crippen LogP) is 13.9. The average molecular weight is 1630 g/mol. The zero-order valence-electron chi connectivity index (χ0n) is 64.2. The van der Waals surface area contributed by atoms with Gasteiger partial charge in [0.1, 0.15) is 44.9 Å². The van der Waals surface area contributed by atoms with Crippen molar-refractivity contribution in [2.75, 3.05) is 32.8 Å². The van der Waals surface area contributed by atoms with Crippen LogP contribution in [0.1, 0.15) is 113 Å². The topological polar surface area (TPSA) is 226 Å². The van der Waals surface area contributed by atoms with Gasteiger partial charge in [0, 0.05) is 93.9 Å². The van der Waals surface area contributed by atoms with Crippen molar-refractivity contribution in [2.24, 2.45) is 7.05 Å². The minimum Gasteiger partial charge on any atom is -0.379 e. The minimum absolute atomic E-state index is 0.0832. The van der Waals surface area contributed by atoms with E-state index in [0.29, 0.717) is 73.9 Å². The number of aliphatic hydroxyl groups is 1. The largest absolute Gasteiger partial charge is 0.379 e. The number of carbonyl (C=O) groups excluding carboxylic acids is 4. The second-order valence-electron chi connectivity index (χ2n) is 30.6. The summed E-state index contributed by atoms with van der Waals surface area (Å²) in [4.78, 5) is 81.8. The molecule has 4 saturated carbocycles. The molecule has 598 valence electrons. The van der Waals surface area contributed by atoms with Crippen LogP contribution in [0.5, 0.6) is 0 Å². The number of imidazole rings is 4. The van der Waals surface area contributed by atoms with Gasteiger partial charge in [-0.05, 0) is 168 Å². The number of rotatable bonds is 6. The molecule has 5 aliphatic heterocycles. The third kappa shape index (κ3) is 12.7. The lowest BCUT2D eigenvalue weighted by atomic mass is 9.97. The van der Waals surface area contributed by atoms with E-state index in [4.69, 9.17) is 4.74 Å². The molecule has 1 saturated heterocycles. The Hall–Kier alpha value is -14.9. The maximum absolute atomic E-state index is 15.2. The fourth-order valence-corrected chi connectivity index (χ4v) is 16.2. The monoisotopic (exact) mass is 1630 g/mol. The van der Waals surface area contributed by atoms with Crippen molar-refractivity contribution in [3.8, 4) is 58.8 Å². The van der Waals surface area contributed by atoms with Gasteiger partial charge in [-0.3, -0.25) is 52.1 Å². The Kier molecular flexibility index (Phi) is 18.1. The molecule has 0 atom stereocenters. The van der Waals surface area contributed by atoms with Crippen LogP contribution in [0.15, 0.2) is 195 Å². The third-order valence-corrected chi connectivity index (χ3v) is 22.6. The van der Waals surface area contributed by atoms with Crippen LogP contribution in [0.3, 0.4) is 0 Å². The van der Waals surface area contributed by atoms with Crippen LogP contribution >= 0.6 is 0 Å². The molecule has 4 aliphatic carbocycles. The van der Waals surface area contributed by atoms with E-state index in [-0.39, 0.29) is 77.0 Å². The van der Waals surface area contributed by atoms with Gasteiger partial charge in [0.2, 0.25) is 23.8 Å². The van der Waals surface area contributed by atoms with E-state index >= 15 is 17.6 Å². The third-order valence-electron chi connectivity index (χ3n) is 22.6. The Morgan fingerprint density at radius 3 is 0.975 bits per heavy atom. The van der Waals surface area contributed by atoms with E-state index in [1.807, 2.05) is 68.4 Å². The van der Waals surface area contributed by atoms with Gasteiger partial charge in [-0.25, -0.2) is 74.7 Å². The average Bonchev–Trinajstić information content (AvgIpc) is 1.51. The highest BCUT2D eigenvalue weighted by Crippen LogP contribution is 2.60. The van der Waals surface area contributed by atoms with Crippen LogP contribution in [0.4, 0.5) is 81.7 Å². The number of fused-ring (bicyclic) bond motifs is 8. The molecule has 0 bridgehead atoms. The van der Waals surface area contributed by atoms with E-state index in [1.54, 1.807) is 116 Å². The summed E-state index contributed by atoms with van der Waals surface area (Å²) < 4.78 is 134. The summed E-state index contributed by atoms with van der Waals surface area (Å²) in [6.45, 7) is 3.83. The van der Waals surface area contributed by atoms with Crippen LogP contribution in [0.2, 0.25) is 0 Å². The van der Waals surface area contributed by atoms with Crippen LogP contribution in [0.25, 0.3) is 11.4 Å². The number of pyridine rings is 2. The minimum atomic E-state index is -1.26. The van der Waals surface area contributed by atoms with Gasteiger partial charge in [-0.2, -0.15) is 5.10 Å². The van der Waals surface area contributed by atoms with Crippen LogP contribution in [-0.4, -0.2) is 99.9 Å². The Morgan fingerprint density at radius 1 is 0.347 bits per heavy atom. The summed E-state index contributed by atoms with van der Waals surface area (Å²) in [5.74, 6) is 14.7. The van der Waals surface area contributed by atoms with E-state index in [9.17, 15) is 41.8 Å². The van der Waals surface area contributed by atoms with E-state index in [2.05, 4.69) is 82.4 Å². The van der Waals surface area contributed by atoms with Crippen molar-refractivity contribution in [1.82, 2.24) is 58.0 Å². The number of aromatic nitrogens is 12. The first kappa shape index (κ1) is 76.1. The molecule has 4 spiro atoms. The lowest BCUT2D eigenvalue weighted by Gasteiger charge is -2.37. The zero-order valence-corrected chi connectivity index (χ0v) is 64.2. The lowest BCUT2D eigenvalue weighted by molar-refractivity contribution is -0.188. The van der Waals surface area contributed by atoms with Gasteiger partial charge in [0.25, 0.3) is 23.6 Å². The number of ether oxygens (including phenoxy) is 1. The molecule has 121 heavy (non-hydrogen) atoms. The second kappa shape index (κ2) is 28.8. The fraction of sp³-hybridized carbons (Fsp3) is 0.198. The summed E-state index contributed by atoms with van der Waals surface area (Å²) in [7, 11) is 1.79. The maximum Gasteiger partial charge on any atom is 0.260 e. The maximum atomic E-state index is 15.2. The number of hydrogen-bond donors (Lipinski definition) is 1. The van der Waals surface area contributed by atoms with Crippen LogP contribution in [-0.2, 0) is 58.7 Å². The SMILES string of the molecule is Cc1cnc2n1C1(CC1)C(=O)N2c1c(F)cc(C#Cc2ccccc2)cc1F.Cc1cnc2n1C1(CC1)C(=O)N2c1c(F)cc(C#Cc2cccnc2)cc1F.Cn1nccc1-c1cnc2n1C1(CC1)C(=O)N2c1c(F)cc(C#Cc2cccnc2)cc1F.O=C1N(c2c(F)cc(C#Cc3ccccc3)cc2F)c2ncc(C3(O)COC3)n2C12CC2. The molecule has 5 fully saturated rings. The van der Waals surface area contributed by atoms with Gasteiger partial charge >= 0.3 is 0 Å². The van der Waals surface area contributed by atoms with Crippen molar-refractivity contribution < 1.29 is 64.1 Å². The van der Waals surface area contributed by atoms with Crippen LogP contribution in [0, 0.1) is 108 Å². The molecule has 22 nitrogen and oxygen atoms in total. The smallest absolute Gasteiger partial charge is 0.260 e. The molecule has 0 radical (unpaired) electrons. The molecule has 22 rings (SSSR count). The van der Waals surface area contributed by atoms with Crippen molar-refractivity contribution in [3.63, 3.8) is 0 Å². The number of aryl methyl sites for hydroxylation is 3. The highest BCUT2D eigenvalue weighted by molar-refractivity contribution is 6.12. The Morgan fingerprint density at radius 2 is 0.653 bits per heavy atom. The van der Waals surface area contributed by atoms with Gasteiger partial charge in [0.05, 0.1) is 55.1 Å². The van der Waals surface area contributed by atoms with Gasteiger partial charge < -0.3 is 9.84 Å². The first-order valence-electron chi connectivity index (χ1n) is 38.3. The molecule has 30 heteroatoms. The number of amides is 4. The molecule has 1 N–H and O–H groups in total. The standard InChI is InChI=1S/C24H16F2N6O.C24H17F2N3O3.C22H15F2N3O.C21H14F2N4O/c1-30-19(6-10-29-30)20-14-28-23-31(22(33)24(7-8-24)32(20)23)21-17(25)11-16(12-18(21)26)5-4-15-3-2-9-27-13-15;25-17-10-16(7-6-15-4-2-1-3-5-15)11-18(26)20(17)28-21(30)23(8-9-23)29-19(12-27-22(28)29)24(31)13-32-14-24;1-14-13-25-21-26(20(28)22(9-10-22)27(14)21)19-17(23)11-16(12-18(19)24)8-7-15-5-3-2-4-6-15;1-13-11-25-20-26(19(28)21(6-7-21)27(13)20)18-16(22)9-15(10-17(18)23)5-4-14-3-2-8-24-12-14/h2-3,6,9-14H,7-8H2,1H3;1-5,10-12,31H,8-9,13-14H2;2-6,11-13H,9-10H2,1H3;2-3,8-12H,6-7H2,1H3. The van der Waals surface area contributed by atoms with E-state index in [1.165, 1.54) is 6.20 Å². The fourth-order valence-electron chi connectivity index (χ4n) is 16.2. The molecule has 13 aromatic rings. The highest BCUT2D eigenvalue weighted by Gasteiger charge is 2.66. The summed E-state index contributed by atoms with van der Waals surface area (Å²) in [5.41, 5.74) is 0.569. The number of benzene rings is 6. The lowest BCUT2D eigenvalue weighted by Crippen LogP contribution is -2.48. The summed E-state index contributed by atoms with van der Waals surface area (Å²) in [6, 6.07) is 36.1. The molecule has 9 aliphatic rings. The second-order valence-corrected chi connectivity index (χ2v) is 30.6. The highest BCUT2D eigenvalue weighted by atomic mass is 19.2. The summed E-state index contributed by atoms with van der Waals surface area (Å²) >= 11 is 0. The molecule has 0 unspecified atom stereocenters. The number of hydrogen-bond acceptors (Lipinski definition) is 13. The number of halogens is 8. The van der Waals surface area contributed by atoms with Gasteiger partial charge in [-0.1, -0.05) is 83.8 Å². The van der Waals surface area contributed by atoms with Crippen molar-refractivity contribution in [3.05, 3.63) is 303 Å². The number of nitrogens with zero attached hydrogens (tertiary/aromatic N) is 16. The first-order valence-corrected chi connectivity index (χ1v) is 38.3. The predicted molar refractivity (Wildman–Crippen MR) is 423 cm³/mol. The molecule has 7 aromatic heterocycles. The Bertz CT molecular complexity index is 6530. The number of anilines is 8. The quantitative estimate of drug-likeness (QED) is 0.121. The van der Waals surface area contributed by atoms with E-state index in [0.717, 1.165) is 96.3 Å². The van der Waals surface area contributed by atoms with Crippen molar-refractivity contribution >= 4 is 70.2 Å². The normalized spacial score (nSPS) is 16.8. The molecule has 6 aromatic carbocycles. The summed E-state index contributed by atoms with van der Waals surface area (Å²) in [6.07, 6.45) is 19.1. The Balaban J connectivity index is 0.000000107. The van der Waals surface area contributed by atoms with Crippen molar-refractivity contribution in [1.29, 1.82) is 0 Å². The van der Waals surface area contributed by atoms with Gasteiger partial charge in [0.15, 0.2) is 52.1 Å². The zero-order chi connectivity index (χ0) is 83.8. The summed E-state index contributed by atoms with van der Waals surface area (Å²) in [5, 5.41) is 14.9.